The molecule has 1 aliphatic heterocycles. The van der Waals surface area contributed by atoms with E-state index >= 15 is 0 Å². The number of anilines is 1. The van der Waals surface area contributed by atoms with Gasteiger partial charge in [0.25, 0.3) is 0 Å². The summed E-state index contributed by atoms with van der Waals surface area (Å²) in [7, 11) is 0. The molecule has 3 aromatic heterocycles. The van der Waals surface area contributed by atoms with Crippen molar-refractivity contribution in [1.82, 2.24) is 24.6 Å². The molecule has 0 amide bonds. The molecule has 0 bridgehead atoms. The Morgan fingerprint density at radius 3 is 2.88 bits per heavy atom. The maximum Gasteiger partial charge on any atom is 0.188 e. The van der Waals surface area contributed by atoms with Gasteiger partial charge in [0.15, 0.2) is 11.4 Å². The molecule has 4 rings (SSSR count). The smallest absolute Gasteiger partial charge is 0.188 e. The summed E-state index contributed by atoms with van der Waals surface area (Å²) < 4.78 is 7.20. The van der Waals surface area contributed by atoms with Crippen molar-refractivity contribution < 1.29 is 9.53 Å². The van der Waals surface area contributed by atoms with Crippen LogP contribution >= 0.6 is 0 Å². The standard InChI is InChI=1S/C16H16N6O2/c23-14(13-11-17-3-4-18-13)9-12-10-16(21-5-7-24-8-6-21)22-15(20-12)1-2-19-22/h1-4,10-11H,5-9H2. The number of carbonyl (C=O) groups excluding carboxylic acids is 1. The zero-order chi connectivity index (χ0) is 16.4. The van der Waals surface area contributed by atoms with E-state index in [0.29, 0.717) is 24.6 Å². The van der Waals surface area contributed by atoms with Crippen LogP contribution in [-0.2, 0) is 11.2 Å². The predicted octanol–water partition coefficient (Wildman–Crippen LogP) is 0.781. The lowest BCUT2D eigenvalue weighted by molar-refractivity contribution is 0.0986. The first kappa shape index (κ1) is 14.7. The number of aromatic nitrogens is 5. The topological polar surface area (TPSA) is 85.5 Å². The summed E-state index contributed by atoms with van der Waals surface area (Å²) in [5, 5.41) is 4.34. The van der Waals surface area contributed by atoms with Crippen LogP contribution in [0.3, 0.4) is 0 Å². The molecular formula is C16H16N6O2. The van der Waals surface area contributed by atoms with Gasteiger partial charge in [-0.2, -0.15) is 9.61 Å². The third kappa shape index (κ3) is 2.83. The Labute approximate surface area is 138 Å². The lowest BCUT2D eigenvalue weighted by Crippen LogP contribution is -2.37. The van der Waals surface area contributed by atoms with Gasteiger partial charge in [0.1, 0.15) is 11.5 Å². The van der Waals surface area contributed by atoms with E-state index in [1.54, 1.807) is 16.9 Å². The number of Topliss-reactive ketones (excluding diaryl/α,β-unsaturated/α-hetero) is 1. The van der Waals surface area contributed by atoms with Crippen molar-refractivity contribution in [3.63, 3.8) is 0 Å². The number of morpholine rings is 1. The highest BCUT2D eigenvalue weighted by atomic mass is 16.5. The fraction of sp³-hybridized carbons (Fsp3) is 0.312. The zero-order valence-electron chi connectivity index (χ0n) is 13.0. The molecule has 0 radical (unpaired) electrons. The van der Waals surface area contributed by atoms with Gasteiger partial charge in [-0.3, -0.25) is 9.78 Å². The zero-order valence-corrected chi connectivity index (χ0v) is 13.0. The number of ketones is 1. The fourth-order valence-corrected chi connectivity index (χ4v) is 2.75. The van der Waals surface area contributed by atoms with Gasteiger partial charge < -0.3 is 9.64 Å². The molecule has 0 atom stereocenters. The minimum Gasteiger partial charge on any atom is -0.378 e. The van der Waals surface area contributed by atoms with E-state index in [9.17, 15) is 4.79 Å². The quantitative estimate of drug-likeness (QED) is 0.656. The van der Waals surface area contributed by atoms with Crippen LogP contribution in [0.1, 0.15) is 16.2 Å². The summed E-state index contributed by atoms with van der Waals surface area (Å²) in [6.45, 7) is 2.94. The summed E-state index contributed by atoms with van der Waals surface area (Å²) >= 11 is 0. The third-order valence-electron chi connectivity index (χ3n) is 3.92. The summed E-state index contributed by atoms with van der Waals surface area (Å²) in [6.07, 6.45) is 6.42. The van der Waals surface area contributed by atoms with Gasteiger partial charge in [-0.15, -0.1) is 0 Å². The molecule has 0 saturated carbocycles. The van der Waals surface area contributed by atoms with E-state index in [1.807, 2.05) is 12.1 Å². The Kier molecular flexibility index (Phi) is 3.87. The predicted molar refractivity (Wildman–Crippen MR) is 86.1 cm³/mol. The first-order valence-corrected chi connectivity index (χ1v) is 7.77. The van der Waals surface area contributed by atoms with E-state index in [4.69, 9.17) is 4.74 Å². The van der Waals surface area contributed by atoms with Crippen LogP contribution in [-0.4, -0.2) is 56.7 Å². The highest BCUT2D eigenvalue weighted by Crippen LogP contribution is 2.19. The molecule has 0 unspecified atom stereocenters. The first-order chi connectivity index (χ1) is 11.8. The summed E-state index contributed by atoms with van der Waals surface area (Å²) in [6, 6.07) is 3.75. The number of carbonyl (C=O) groups is 1. The molecule has 24 heavy (non-hydrogen) atoms. The number of rotatable bonds is 4. The van der Waals surface area contributed by atoms with E-state index in [1.165, 1.54) is 12.4 Å². The number of hydrogen-bond acceptors (Lipinski definition) is 7. The molecule has 1 aliphatic rings. The Hall–Kier alpha value is -2.87. The van der Waals surface area contributed by atoms with Crippen molar-refractivity contribution >= 4 is 17.2 Å². The lowest BCUT2D eigenvalue weighted by Gasteiger charge is -2.29. The van der Waals surface area contributed by atoms with Crippen molar-refractivity contribution in [3.05, 3.63) is 48.3 Å². The molecule has 122 valence electrons. The van der Waals surface area contributed by atoms with Crippen LogP contribution in [0.5, 0.6) is 0 Å². The van der Waals surface area contributed by atoms with Crippen molar-refractivity contribution in [1.29, 1.82) is 0 Å². The fourth-order valence-electron chi connectivity index (χ4n) is 2.75. The Bertz CT molecular complexity index is 857. The second-order valence-corrected chi connectivity index (χ2v) is 5.50. The Balaban J connectivity index is 1.67. The van der Waals surface area contributed by atoms with Gasteiger partial charge >= 0.3 is 0 Å². The number of nitrogens with zero attached hydrogens (tertiary/aromatic N) is 6. The van der Waals surface area contributed by atoms with Gasteiger partial charge in [-0.05, 0) is 0 Å². The molecule has 0 N–H and O–H groups in total. The molecule has 8 heteroatoms. The Morgan fingerprint density at radius 2 is 2.08 bits per heavy atom. The van der Waals surface area contributed by atoms with Crippen LogP contribution in [0.15, 0.2) is 36.9 Å². The third-order valence-corrected chi connectivity index (χ3v) is 3.92. The van der Waals surface area contributed by atoms with Gasteiger partial charge in [0.2, 0.25) is 0 Å². The highest BCUT2D eigenvalue weighted by Gasteiger charge is 2.18. The minimum absolute atomic E-state index is 0.104. The normalized spacial score (nSPS) is 14.9. The molecule has 1 saturated heterocycles. The van der Waals surface area contributed by atoms with Crippen molar-refractivity contribution in [3.8, 4) is 0 Å². The largest absolute Gasteiger partial charge is 0.378 e. The first-order valence-electron chi connectivity index (χ1n) is 7.77. The second kappa shape index (κ2) is 6.32. The highest BCUT2D eigenvalue weighted by molar-refractivity contribution is 5.95. The summed E-state index contributed by atoms with van der Waals surface area (Å²) in [5.74, 6) is 0.822. The lowest BCUT2D eigenvalue weighted by atomic mass is 10.1. The molecule has 1 fully saturated rings. The van der Waals surface area contributed by atoms with Crippen molar-refractivity contribution in [2.75, 3.05) is 31.2 Å². The van der Waals surface area contributed by atoms with Crippen LogP contribution in [0.2, 0.25) is 0 Å². The Morgan fingerprint density at radius 1 is 1.21 bits per heavy atom. The van der Waals surface area contributed by atoms with Crippen molar-refractivity contribution in [2.45, 2.75) is 6.42 Å². The SMILES string of the molecule is O=C(Cc1cc(N2CCOCC2)n2nccc2n1)c1cnccn1. The van der Waals surface area contributed by atoms with Gasteiger partial charge in [-0.1, -0.05) is 0 Å². The summed E-state index contributed by atoms with van der Waals surface area (Å²) in [5.41, 5.74) is 1.77. The molecular weight excluding hydrogens is 308 g/mol. The molecule has 0 aromatic carbocycles. The number of fused-ring (bicyclic) bond motifs is 1. The molecule has 0 aliphatic carbocycles. The van der Waals surface area contributed by atoms with Gasteiger partial charge in [0, 0.05) is 37.6 Å². The van der Waals surface area contributed by atoms with Gasteiger partial charge in [-0.25, -0.2) is 9.97 Å². The maximum atomic E-state index is 12.4. The van der Waals surface area contributed by atoms with E-state index in [0.717, 1.165) is 24.6 Å². The number of hydrogen-bond donors (Lipinski definition) is 0. The minimum atomic E-state index is -0.104. The molecule has 4 heterocycles. The molecule has 3 aromatic rings. The summed E-state index contributed by atoms with van der Waals surface area (Å²) in [4.78, 5) is 27.1. The van der Waals surface area contributed by atoms with Crippen molar-refractivity contribution in [2.24, 2.45) is 0 Å². The van der Waals surface area contributed by atoms with Gasteiger partial charge in [0.05, 0.1) is 37.7 Å². The van der Waals surface area contributed by atoms with E-state index in [-0.39, 0.29) is 12.2 Å². The van der Waals surface area contributed by atoms with Crippen LogP contribution in [0.4, 0.5) is 5.82 Å². The molecule has 8 nitrogen and oxygen atoms in total. The van der Waals surface area contributed by atoms with Crippen LogP contribution in [0.25, 0.3) is 5.65 Å². The number of ether oxygens (including phenoxy) is 1. The van der Waals surface area contributed by atoms with E-state index in [2.05, 4.69) is 25.0 Å². The molecule has 0 spiro atoms. The average Bonchev–Trinajstić information content (AvgIpc) is 3.11. The second-order valence-electron chi connectivity index (χ2n) is 5.50. The maximum absolute atomic E-state index is 12.4. The van der Waals surface area contributed by atoms with Crippen LogP contribution < -0.4 is 4.90 Å². The van der Waals surface area contributed by atoms with E-state index < -0.39 is 0 Å². The monoisotopic (exact) mass is 324 g/mol. The average molecular weight is 324 g/mol. The van der Waals surface area contributed by atoms with Crippen LogP contribution in [0, 0.1) is 0 Å².